The predicted octanol–water partition coefficient (Wildman–Crippen LogP) is 3.90. The maximum atomic E-state index is 13.2. The quantitative estimate of drug-likeness (QED) is 0.704. The molecule has 1 amide bonds. The molecule has 0 radical (unpaired) electrons. The first-order valence-corrected chi connectivity index (χ1v) is 9.13. The number of rotatable bonds is 3. The van der Waals surface area contributed by atoms with Crippen LogP contribution in [0.15, 0.2) is 51.5 Å². The monoisotopic (exact) mass is 365 g/mol. The predicted molar refractivity (Wildman–Crippen MR) is 104 cm³/mol. The number of anilines is 2. The standard InChI is InChI=1S/C21H23N3O3/c1-14-12-23(3)17-7-4-5-8-18(17)24(13-14)20(25)11-16-15(2)27-21(22-16)19-9-6-10-26-19/h4-10,14H,11-13H2,1-3H3. The van der Waals surface area contributed by atoms with Crippen molar-refractivity contribution in [2.75, 3.05) is 29.9 Å². The summed E-state index contributed by atoms with van der Waals surface area (Å²) in [5.41, 5.74) is 2.67. The first-order chi connectivity index (χ1) is 13.0. The molecule has 0 bridgehead atoms. The third-order valence-corrected chi connectivity index (χ3v) is 4.91. The van der Waals surface area contributed by atoms with Gasteiger partial charge in [-0.2, -0.15) is 0 Å². The minimum atomic E-state index is 0.0204. The first kappa shape index (κ1) is 17.4. The van der Waals surface area contributed by atoms with Crippen LogP contribution in [0.2, 0.25) is 0 Å². The first-order valence-electron chi connectivity index (χ1n) is 9.13. The number of para-hydroxylation sites is 2. The van der Waals surface area contributed by atoms with Crippen LogP contribution < -0.4 is 9.80 Å². The van der Waals surface area contributed by atoms with Gasteiger partial charge in [0.1, 0.15) is 5.76 Å². The van der Waals surface area contributed by atoms with Crippen molar-refractivity contribution in [3.05, 3.63) is 54.1 Å². The summed E-state index contributed by atoms with van der Waals surface area (Å²) in [4.78, 5) is 21.8. The number of benzene rings is 1. The van der Waals surface area contributed by atoms with E-state index in [-0.39, 0.29) is 12.3 Å². The van der Waals surface area contributed by atoms with Gasteiger partial charge >= 0.3 is 0 Å². The lowest BCUT2D eigenvalue weighted by Crippen LogP contribution is -2.36. The Labute approximate surface area is 158 Å². The highest BCUT2D eigenvalue weighted by molar-refractivity contribution is 5.98. The lowest BCUT2D eigenvalue weighted by atomic mass is 10.1. The Balaban J connectivity index is 1.62. The van der Waals surface area contributed by atoms with Gasteiger partial charge in [-0.3, -0.25) is 4.79 Å². The summed E-state index contributed by atoms with van der Waals surface area (Å²) < 4.78 is 11.0. The Hall–Kier alpha value is -3.02. The fourth-order valence-corrected chi connectivity index (χ4v) is 3.62. The Morgan fingerprint density at radius 1 is 1.19 bits per heavy atom. The molecular formula is C21H23N3O3. The molecule has 1 aliphatic rings. The summed E-state index contributed by atoms with van der Waals surface area (Å²) >= 11 is 0. The SMILES string of the molecule is Cc1oc(-c2ccco2)nc1CC(=O)N1CC(C)CN(C)c2ccccc21. The average molecular weight is 365 g/mol. The van der Waals surface area contributed by atoms with Crippen LogP contribution in [0, 0.1) is 12.8 Å². The van der Waals surface area contributed by atoms with Crippen molar-refractivity contribution in [3.63, 3.8) is 0 Å². The van der Waals surface area contributed by atoms with Crippen LogP contribution >= 0.6 is 0 Å². The topological polar surface area (TPSA) is 62.7 Å². The van der Waals surface area contributed by atoms with Crippen molar-refractivity contribution in [3.8, 4) is 11.7 Å². The summed E-state index contributed by atoms with van der Waals surface area (Å²) in [5, 5.41) is 0. The normalized spacial score (nSPS) is 16.9. The van der Waals surface area contributed by atoms with Gasteiger partial charge in [-0.15, -0.1) is 0 Å². The number of fused-ring (bicyclic) bond motifs is 1. The zero-order valence-corrected chi connectivity index (χ0v) is 15.8. The van der Waals surface area contributed by atoms with E-state index in [1.54, 1.807) is 18.4 Å². The zero-order valence-electron chi connectivity index (χ0n) is 15.8. The minimum absolute atomic E-state index is 0.0204. The highest BCUT2D eigenvalue weighted by Crippen LogP contribution is 2.33. The molecule has 1 aromatic carbocycles. The van der Waals surface area contributed by atoms with E-state index in [0.717, 1.165) is 17.9 Å². The molecule has 3 aromatic rings. The summed E-state index contributed by atoms with van der Waals surface area (Å²) in [5.74, 6) is 2.00. The second-order valence-corrected chi connectivity index (χ2v) is 7.15. The van der Waals surface area contributed by atoms with E-state index in [4.69, 9.17) is 8.83 Å². The fraction of sp³-hybridized carbons (Fsp3) is 0.333. The van der Waals surface area contributed by atoms with Crippen LogP contribution in [0.4, 0.5) is 11.4 Å². The second kappa shape index (κ2) is 6.95. The van der Waals surface area contributed by atoms with E-state index in [2.05, 4.69) is 29.9 Å². The number of aryl methyl sites for hydroxylation is 1. The van der Waals surface area contributed by atoms with Crippen LogP contribution in [0.1, 0.15) is 18.4 Å². The highest BCUT2D eigenvalue weighted by Gasteiger charge is 2.28. The van der Waals surface area contributed by atoms with Gasteiger partial charge < -0.3 is 18.6 Å². The van der Waals surface area contributed by atoms with E-state index in [9.17, 15) is 4.79 Å². The van der Waals surface area contributed by atoms with E-state index >= 15 is 0 Å². The zero-order chi connectivity index (χ0) is 19.0. The van der Waals surface area contributed by atoms with Crippen molar-refractivity contribution >= 4 is 17.3 Å². The lowest BCUT2D eigenvalue weighted by molar-refractivity contribution is -0.118. The Morgan fingerprint density at radius 3 is 2.70 bits per heavy atom. The van der Waals surface area contributed by atoms with Crippen LogP contribution in [0.25, 0.3) is 11.7 Å². The molecule has 0 fully saturated rings. The molecule has 0 saturated carbocycles. The smallest absolute Gasteiger partial charge is 0.263 e. The van der Waals surface area contributed by atoms with Gasteiger partial charge in [-0.1, -0.05) is 19.1 Å². The van der Waals surface area contributed by atoms with Crippen molar-refractivity contribution in [1.82, 2.24) is 4.98 Å². The Bertz CT molecular complexity index is 945. The molecule has 1 atom stereocenters. The van der Waals surface area contributed by atoms with Crippen LogP contribution in [-0.4, -0.2) is 31.0 Å². The molecule has 0 N–H and O–H groups in total. The van der Waals surface area contributed by atoms with Crippen molar-refractivity contribution < 1.29 is 13.6 Å². The van der Waals surface area contributed by atoms with Gasteiger partial charge in [0.2, 0.25) is 5.91 Å². The maximum absolute atomic E-state index is 13.2. The number of hydrogen-bond acceptors (Lipinski definition) is 5. The van der Waals surface area contributed by atoms with Crippen LogP contribution in [0.3, 0.4) is 0 Å². The molecule has 3 heterocycles. The fourth-order valence-electron chi connectivity index (χ4n) is 3.62. The number of amides is 1. The highest BCUT2D eigenvalue weighted by atomic mass is 16.4. The number of carbonyl (C=O) groups excluding carboxylic acids is 1. The number of oxazole rings is 1. The molecule has 4 rings (SSSR count). The van der Waals surface area contributed by atoms with Crippen LogP contribution in [-0.2, 0) is 11.2 Å². The van der Waals surface area contributed by atoms with Gasteiger partial charge in [0, 0.05) is 20.1 Å². The molecule has 140 valence electrons. The number of hydrogen-bond donors (Lipinski definition) is 0. The second-order valence-electron chi connectivity index (χ2n) is 7.15. The Morgan fingerprint density at radius 2 is 1.96 bits per heavy atom. The van der Waals surface area contributed by atoms with Crippen molar-refractivity contribution in [2.45, 2.75) is 20.3 Å². The molecule has 2 aromatic heterocycles. The van der Waals surface area contributed by atoms with E-state index < -0.39 is 0 Å². The number of nitrogens with zero attached hydrogens (tertiary/aromatic N) is 3. The third kappa shape index (κ3) is 3.35. The number of carbonyl (C=O) groups is 1. The molecule has 0 saturated heterocycles. The molecule has 0 spiro atoms. The summed E-state index contributed by atoms with van der Waals surface area (Å²) in [6.07, 6.45) is 1.77. The van der Waals surface area contributed by atoms with Gasteiger partial charge in [0.05, 0.1) is 29.8 Å². The van der Waals surface area contributed by atoms with Gasteiger partial charge in [0.25, 0.3) is 5.89 Å². The van der Waals surface area contributed by atoms with E-state index in [1.807, 2.05) is 30.0 Å². The summed E-state index contributed by atoms with van der Waals surface area (Å²) in [6.45, 7) is 5.59. The lowest BCUT2D eigenvalue weighted by Gasteiger charge is -2.24. The summed E-state index contributed by atoms with van der Waals surface area (Å²) in [6, 6.07) is 11.6. The van der Waals surface area contributed by atoms with Crippen molar-refractivity contribution in [1.29, 1.82) is 0 Å². The largest absolute Gasteiger partial charge is 0.459 e. The van der Waals surface area contributed by atoms with Gasteiger partial charge in [0.15, 0.2) is 5.76 Å². The molecule has 6 heteroatoms. The molecule has 27 heavy (non-hydrogen) atoms. The average Bonchev–Trinajstić information content (AvgIpc) is 3.27. The number of furan rings is 1. The molecular weight excluding hydrogens is 342 g/mol. The van der Waals surface area contributed by atoms with Crippen molar-refractivity contribution in [2.24, 2.45) is 5.92 Å². The minimum Gasteiger partial charge on any atom is -0.459 e. The van der Waals surface area contributed by atoms with Gasteiger partial charge in [-0.25, -0.2) is 4.98 Å². The maximum Gasteiger partial charge on any atom is 0.263 e. The van der Waals surface area contributed by atoms with Gasteiger partial charge in [-0.05, 0) is 37.1 Å². The van der Waals surface area contributed by atoms with Crippen LogP contribution in [0.5, 0.6) is 0 Å². The van der Waals surface area contributed by atoms with E-state index in [1.165, 1.54) is 0 Å². The molecule has 1 aliphatic heterocycles. The summed E-state index contributed by atoms with van der Waals surface area (Å²) in [7, 11) is 2.07. The van der Waals surface area contributed by atoms with E-state index in [0.29, 0.717) is 35.6 Å². The number of aromatic nitrogens is 1. The Kier molecular flexibility index (Phi) is 4.48. The molecule has 0 aliphatic carbocycles. The molecule has 6 nitrogen and oxygen atoms in total. The molecule has 1 unspecified atom stereocenters. The third-order valence-electron chi connectivity index (χ3n) is 4.91.